The Bertz CT molecular complexity index is 887. The fraction of sp³-hybridized carbons (Fsp3) is 0.409. The molecule has 2 N–H and O–H groups in total. The molecule has 0 bridgehead atoms. The van der Waals surface area contributed by atoms with Gasteiger partial charge in [0.2, 0.25) is 5.95 Å². The Morgan fingerprint density at radius 3 is 2.66 bits per heavy atom. The number of hydrogen-bond acceptors (Lipinski definition) is 7. The molecule has 1 aromatic carbocycles. The van der Waals surface area contributed by atoms with Crippen molar-refractivity contribution in [1.29, 1.82) is 5.41 Å². The van der Waals surface area contributed by atoms with Crippen LogP contribution in [0.4, 0.5) is 5.95 Å². The highest BCUT2D eigenvalue weighted by molar-refractivity contribution is 6.07. The number of fused-ring (bicyclic) bond motifs is 1. The SMILES string of the molecule is CN/C=C(\C=N)c1cnc(N2CCN(C(C)c3ccc4c(c3)OCC4)CC2)nc1. The number of ether oxygens (including phenoxy) is 1. The highest BCUT2D eigenvalue weighted by Crippen LogP contribution is 2.31. The maximum absolute atomic E-state index is 7.51. The van der Waals surface area contributed by atoms with E-state index in [-0.39, 0.29) is 0 Å². The summed E-state index contributed by atoms with van der Waals surface area (Å²) in [5.74, 6) is 1.80. The van der Waals surface area contributed by atoms with Gasteiger partial charge in [0.25, 0.3) is 0 Å². The summed E-state index contributed by atoms with van der Waals surface area (Å²) in [6.45, 7) is 6.80. The highest BCUT2D eigenvalue weighted by Gasteiger charge is 2.24. The Morgan fingerprint density at radius 1 is 1.21 bits per heavy atom. The largest absolute Gasteiger partial charge is 0.493 e. The van der Waals surface area contributed by atoms with Gasteiger partial charge in [0.05, 0.1) is 6.61 Å². The van der Waals surface area contributed by atoms with Crippen molar-refractivity contribution in [2.75, 3.05) is 44.7 Å². The van der Waals surface area contributed by atoms with Crippen molar-refractivity contribution >= 4 is 17.7 Å². The standard InChI is InChI=1S/C22H28N6O/c1-16(18-4-3-17-5-10-29-21(17)11-18)27-6-8-28(9-7-27)22-25-14-20(15-26-22)19(12-23)13-24-2/h3-4,11-16,23-24H,5-10H2,1-2H3/b19-13+,23-12?. The summed E-state index contributed by atoms with van der Waals surface area (Å²) in [5, 5.41) is 10.5. The number of nitrogens with zero attached hydrogens (tertiary/aromatic N) is 4. The maximum atomic E-state index is 7.51. The molecule has 1 atom stereocenters. The fourth-order valence-electron chi connectivity index (χ4n) is 3.96. The number of aromatic nitrogens is 2. The molecular weight excluding hydrogens is 364 g/mol. The van der Waals surface area contributed by atoms with Crippen LogP contribution in [0.25, 0.3) is 5.57 Å². The van der Waals surface area contributed by atoms with Gasteiger partial charge in [-0.05, 0) is 24.1 Å². The zero-order valence-electron chi connectivity index (χ0n) is 17.1. The van der Waals surface area contributed by atoms with E-state index in [0.717, 1.165) is 62.0 Å². The molecule has 2 aromatic rings. The zero-order valence-corrected chi connectivity index (χ0v) is 17.1. The molecule has 1 aromatic heterocycles. The van der Waals surface area contributed by atoms with Gasteiger partial charge in [-0.3, -0.25) is 4.90 Å². The predicted octanol–water partition coefficient (Wildman–Crippen LogP) is 2.50. The Hall–Kier alpha value is -2.93. The molecule has 0 saturated carbocycles. The molecule has 0 amide bonds. The Labute approximate surface area is 171 Å². The van der Waals surface area contributed by atoms with Gasteiger partial charge >= 0.3 is 0 Å². The van der Waals surface area contributed by atoms with Crippen LogP contribution >= 0.6 is 0 Å². The number of piperazine rings is 1. The average molecular weight is 393 g/mol. The van der Waals surface area contributed by atoms with Gasteiger partial charge in [-0.2, -0.15) is 0 Å². The van der Waals surface area contributed by atoms with Gasteiger partial charge in [0.1, 0.15) is 5.75 Å². The Kier molecular flexibility index (Phi) is 5.76. The first kappa shape index (κ1) is 19.4. The van der Waals surface area contributed by atoms with E-state index in [9.17, 15) is 0 Å². The number of nitrogens with one attached hydrogen (secondary N) is 2. The number of anilines is 1. The second kappa shape index (κ2) is 8.61. The van der Waals surface area contributed by atoms with Crippen LogP contribution in [0.1, 0.15) is 29.7 Å². The molecule has 152 valence electrons. The van der Waals surface area contributed by atoms with Crippen LogP contribution in [-0.4, -0.2) is 60.9 Å². The first-order valence-corrected chi connectivity index (χ1v) is 10.1. The molecule has 1 unspecified atom stereocenters. The van der Waals surface area contributed by atoms with Crippen LogP contribution in [-0.2, 0) is 6.42 Å². The van der Waals surface area contributed by atoms with Crippen molar-refractivity contribution < 1.29 is 4.74 Å². The maximum Gasteiger partial charge on any atom is 0.225 e. The van der Waals surface area contributed by atoms with Crippen molar-refractivity contribution in [3.8, 4) is 5.75 Å². The van der Waals surface area contributed by atoms with E-state index in [0.29, 0.717) is 6.04 Å². The second-order valence-corrected chi connectivity index (χ2v) is 7.47. The molecule has 7 nitrogen and oxygen atoms in total. The van der Waals surface area contributed by atoms with Crippen LogP contribution in [0.3, 0.4) is 0 Å². The Morgan fingerprint density at radius 2 is 1.97 bits per heavy atom. The summed E-state index contributed by atoms with van der Waals surface area (Å²) in [6.07, 6.45) is 7.67. The normalized spacial score (nSPS) is 18.1. The average Bonchev–Trinajstić information content (AvgIpc) is 3.25. The van der Waals surface area contributed by atoms with Crippen LogP contribution in [0.15, 0.2) is 36.8 Å². The molecule has 2 aliphatic heterocycles. The molecule has 3 heterocycles. The van der Waals surface area contributed by atoms with E-state index in [4.69, 9.17) is 10.1 Å². The molecule has 4 rings (SSSR count). The molecule has 29 heavy (non-hydrogen) atoms. The van der Waals surface area contributed by atoms with Gasteiger partial charge in [-0.15, -0.1) is 0 Å². The number of hydrogen-bond donors (Lipinski definition) is 2. The third-order valence-electron chi connectivity index (χ3n) is 5.77. The lowest BCUT2D eigenvalue weighted by molar-refractivity contribution is 0.197. The molecule has 7 heteroatoms. The summed E-state index contributed by atoms with van der Waals surface area (Å²) >= 11 is 0. The van der Waals surface area contributed by atoms with E-state index >= 15 is 0 Å². The van der Waals surface area contributed by atoms with Crippen molar-refractivity contribution in [3.63, 3.8) is 0 Å². The number of benzene rings is 1. The second-order valence-electron chi connectivity index (χ2n) is 7.47. The minimum absolute atomic E-state index is 0.358. The highest BCUT2D eigenvalue weighted by atomic mass is 16.5. The van der Waals surface area contributed by atoms with E-state index in [2.05, 4.69) is 50.2 Å². The van der Waals surface area contributed by atoms with Gasteiger partial charge in [0.15, 0.2) is 0 Å². The van der Waals surface area contributed by atoms with Crippen LogP contribution in [0, 0.1) is 5.41 Å². The molecule has 0 aliphatic carbocycles. The third-order valence-corrected chi connectivity index (χ3v) is 5.77. The van der Waals surface area contributed by atoms with Gasteiger partial charge < -0.3 is 20.4 Å². The van der Waals surface area contributed by atoms with E-state index in [1.54, 1.807) is 18.6 Å². The molecule has 0 radical (unpaired) electrons. The summed E-state index contributed by atoms with van der Waals surface area (Å²) in [6, 6.07) is 7.02. The van der Waals surface area contributed by atoms with Crippen LogP contribution in [0.2, 0.25) is 0 Å². The first-order chi connectivity index (χ1) is 14.2. The summed E-state index contributed by atoms with van der Waals surface area (Å²) in [5.41, 5.74) is 4.23. The third kappa shape index (κ3) is 4.10. The van der Waals surface area contributed by atoms with Gasteiger partial charge in [-0.25, -0.2) is 9.97 Å². The smallest absolute Gasteiger partial charge is 0.225 e. The van der Waals surface area contributed by atoms with E-state index in [1.165, 1.54) is 17.3 Å². The van der Waals surface area contributed by atoms with Gasteiger partial charge in [-0.1, -0.05) is 12.1 Å². The zero-order chi connectivity index (χ0) is 20.2. The lowest BCUT2D eigenvalue weighted by atomic mass is 10.0. The van der Waals surface area contributed by atoms with Gasteiger partial charge in [0, 0.05) is 81.6 Å². The topological polar surface area (TPSA) is 77.4 Å². The van der Waals surface area contributed by atoms with E-state index < -0.39 is 0 Å². The minimum Gasteiger partial charge on any atom is -0.493 e. The molecule has 1 fully saturated rings. The molecule has 1 saturated heterocycles. The van der Waals surface area contributed by atoms with Crippen molar-refractivity contribution in [2.45, 2.75) is 19.4 Å². The molecule has 0 spiro atoms. The Balaban J connectivity index is 1.38. The lowest BCUT2D eigenvalue weighted by Crippen LogP contribution is -2.47. The van der Waals surface area contributed by atoms with Crippen LogP contribution in [0.5, 0.6) is 5.75 Å². The summed E-state index contributed by atoms with van der Waals surface area (Å²) in [7, 11) is 1.81. The van der Waals surface area contributed by atoms with E-state index in [1.807, 2.05) is 7.05 Å². The molecule has 2 aliphatic rings. The monoisotopic (exact) mass is 392 g/mol. The number of rotatable bonds is 6. The van der Waals surface area contributed by atoms with Crippen molar-refractivity contribution in [1.82, 2.24) is 20.2 Å². The minimum atomic E-state index is 0.358. The summed E-state index contributed by atoms with van der Waals surface area (Å²) in [4.78, 5) is 13.8. The first-order valence-electron chi connectivity index (χ1n) is 10.1. The van der Waals surface area contributed by atoms with Crippen molar-refractivity contribution in [3.05, 3.63) is 53.5 Å². The quantitative estimate of drug-likeness (QED) is 0.736. The lowest BCUT2D eigenvalue weighted by Gasteiger charge is -2.38. The van der Waals surface area contributed by atoms with Crippen LogP contribution < -0.4 is 15.0 Å². The predicted molar refractivity (Wildman–Crippen MR) is 116 cm³/mol. The summed E-state index contributed by atoms with van der Waals surface area (Å²) < 4.78 is 5.74. The fourth-order valence-corrected chi connectivity index (χ4v) is 3.96. The molecular formula is C22H28N6O. The van der Waals surface area contributed by atoms with Crippen molar-refractivity contribution in [2.24, 2.45) is 0 Å². The number of allylic oxidation sites excluding steroid dienone is 1.